The number of hydrogen-bond acceptors (Lipinski definition) is 5. The number of rotatable bonds is 5. The van der Waals surface area contributed by atoms with E-state index < -0.39 is 16.7 Å². The molecule has 0 spiro atoms. The average Bonchev–Trinajstić information content (AvgIpc) is 2.91. The molecule has 2 aromatic carbocycles. The number of aromatic nitrogens is 2. The van der Waals surface area contributed by atoms with Crippen LogP contribution in [-0.2, 0) is 6.54 Å². The third-order valence-corrected chi connectivity index (χ3v) is 4.64. The van der Waals surface area contributed by atoms with Gasteiger partial charge in [-0.1, -0.05) is 28.1 Å². The third-order valence-electron chi connectivity index (χ3n) is 4.14. The molecule has 0 aliphatic carbocycles. The highest BCUT2D eigenvalue weighted by Gasteiger charge is 2.21. The van der Waals surface area contributed by atoms with E-state index in [4.69, 9.17) is 4.74 Å². The summed E-state index contributed by atoms with van der Waals surface area (Å²) in [6, 6.07) is 10.6. The van der Waals surface area contributed by atoms with Gasteiger partial charge in [-0.05, 0) is 49.7 Å². The van der Waals surface area contributed by atoms with Gasteiger partial charge in [-0.25, -0.2) is 9.18 Å². The lowest BCUT2D eigenvalue weighted by Gasteiger charge is -2.07. The van der Waals surface area contributed by atoms with Gasteiger partial charge in [-0.3, -0.25) is 14.8 Å². The first kappa shape index (κ1) is 19.7. The summed E-state index contributed by atoms with van der Waals surface area (Å²) in [4.78, 5) is 22.8. The zero-order valence-electron chi connectivity index (χ0n) is 15.0. The molecule has 3 rings (SSSR count). The van der Waals surface area contributed by atoms with Crippen molar-refractivity contribution in [1.29, 1.82) is 0 Å². The summed E-state index contributed by atoms with van der Waals surface area (Å²) in [7, 11) is 0. The molecular weight excluding hydrogens is 433 g/mol. The number of carbonyl (C=O) groups is 1. The van der Waals surface area contributed by atoms with Gasteiger partial charge in [0.25, 0.3) is 0 Å². The summed E-state index contributed by atoms with van der Waals surface area (Å²) in [5.41, 5.74) is 1.85. The minimum Gasteiger partial charge on any atom is -0.420 e. The number of carbonyl (C=O) groups excluding carboxylic acids is 1. The molecule has 0 radical (unpaired) electrons. The lowest BCUT2D eigenvalue weighted by molar-refractivity contribution is -0.386. The summed E-state index contributed by atoms with van der Waals surface area (Å²) < 4.78 is 21.0. The SMILES string of the molecule is Cc1nn(Cc2ccc(C(=O)Oc3ccc(Br)cc3F)cc2)c(C)c1[N+](=O)[O-]. The first-order chi connectivity index (χ1) is 13.3. The number of esters is 1. The maximum absolute atomic E-state index is 13.8. The Kier molecular flexibility index (Phi) is 5.55. The van der Waals surface area contributed by atoms with Crippen molar-refractivity contribution in [1.82, 2.24) is 9.78 Å². The van der Waals surface area contributed by atoms with Crippen LogP contribution in [0, 0.1) is 29.8 Å². The van der Waals surface area contributed by atoms with Gasteiger partial charge in [0.15, 0.2) is 11.6 Å². The molecule has 0 bridgehead atoms. The molecule has 3 aromatic rings. The monoisotopic (exact) mass is 447 g/mol. The summed E-state index contributed by atoms with van der Waals surface area (Å²) in [5, 5.41) is 15.3. The van der Waals surface area contributed by atoms with Crippen molar-refractivity contribution in [3.05, 3.63) is 85.4 Å². The fourth-order valence-electron chi connectivity index (χ4n) is 2.74. The lowest BCUT2D eigenvalue weighted by atomic mass is 10.1. The molecule has 0 saturated heterocycles. The Bertz CT molecular complexity index is 1060. The molecule has 0 atom stereocenters. The van der Waals surface area contributed by atoms with Gasteiger partial charge in [-0.15, -0.1) is 0 Å². The third kappa shape index (κ3) is 4.09. The van der Waals surface area contributed by atoms with Crippen molar-refractivity contribution in [2.75, 3.05) is 0 Å². The van der Waals surface area contributed by atoms with E-state index in [-0.39, 0.29) is 17.0 Å². The number of hydrogen-bond donors (Lipinski definition) is 0. The number of nitrogens with zero attached hydrogens (tertiary/aromatic N) is 3. The minimum atomic E-state index is -0.686. The van der Waals surface area contributed by atoms with E-state index in [1.54, 1.807) is 44.2 Å². The van der Waals surface area contributed by atoms with Crippen LogP contribution in [0.2, 0.25) is 0 Å². The maximum atomic E-state index is 13.8. The summed E-state index contributed by atoms with van der Waals surface area (Å²) >= 11 is 3.14. The molecule has 0 amide bonds. The largest absolute Gasteiger partial charge is 0.420 e. The van der Waals surface area contributed by atoms with Crippen LogP contribution in [0.1, 0.15) is 27.3 Å². The second-order valence-corrected chi connectivity index (χ2v) is 7.01. The van der Waals surface area contributed by atoms with E-state index in [9.17, 15) is 19.3 Å². The van der Waals surface area contributed by atoms with Crippen LogP contribution in [0.5, 0.6) is 5.75 Å². The average molecular weight is 448 g/mol. The van der Waals surface area contributed by atoms with Gasteiger partial charge in [0.1, 0.15) is 11.4 Å². The van der Waals surface area contributed by atoms with Crippen molar-refractivity contribution < 1.29 is 18.8 Å². The van der Waals surface area contributed by atoms with Gasteiger partial charge in [0.2, 0.25) is 0 Å². The van der Waals surface area contributed by atoms with Crippen molar-refractivity contribution in [3.8, 4) is 5.75 Å². The number of aryl methyl sites for hydroxylation is 1. The van der Waals surface area contributed by atoms with Crippen LogP contribution >= 0.6 is 15.9 Å². The highest BCUT2D eigenvalue weighted by atomic mass is 79.9. The Morgan fingerprint density at radius 2 is 1.93 bits per heavy atom. The highest BCUT2D eigenvalue weighted by molar-refractivity contribution is 9.10. The van der Waals surface area contributed by atoms with Crippen molar-refractivity contribution in [2.24, 2.45) is 0 Å². The number of nitro groups is 1. The second kappa shape index (κ2) is 7.89. The first-order valence-electron chi connectivity index (χ1n) is 8.21. The Morgan fingerprint density at radius 1 is 1.25 bits per heavy atom. The molecule has 28 heavy (non-hydrogen) atoms. The molecule has 1 heterocycles. The molecule has 144 valence electrons. The summed E-state index contributed by atoms with van der Waals surface area (Å²) in [6.07, 6.45) is 0. The maximum Gasteiger partial charge on any atom is 0.343 e. The smallest absolute Gasteiger partial charge is 0.343 e. The van der Waals surface area contributed by atoms with Crippen LogP contribution in [0.3, 0.4) is 0 Å². The van der Waals surface area contributed by atoms with Crippen molar-refractivity contribution >= 4 is 27.6 Å². The van der Waals surface area contributed by atoms with E-state index >= 15 is 0 Å². The van der Waals surface area contributed by atoms with Gasteiger partial charge in [-0.2, -0.15) is 5.10 Å². The van der Waals surface area contributed by atoms with Crippen LogP contribution in [-0.4, -0.2) is 20.7 Å². The molecule has 7 nitrogen and oxygen atoms in total. The van der Waals surface area contributed by atoms with Gasteiger partial charge < -0.3 is 4.74 Å². The fraction of sp³-hybridized carbons (Fsp3) is 0.158. The van der Waals surface area contributed by atoms with E-state index in [0.717, 1.165) is 5.56 Å². The van der Waals surface area contributed by atoms with Crippen LogP contribution in [0.15, 0.2) is 46.9 Å². The Labute approximate surface area is 168 Å². The van der Waals surface area contributed by atoms with Gasteiger partial charge in [0.05, 0.1) is 17.0 Å². The van der Waals surface area contributed by atoms with Crippen LogP contribution < -0.4 is 4.74 Å². The van der Waals surface area contributed by atoms with Crippen molar-refractivity contribution in [3.63, 3.8) is 0 Å². The molecule has 0 saturated carbocycles. The zero-order valence-corrected chi connectivity index (χ0v) is 16.6. The molecule has 0 aliphatic heterocycles. The molecule has 9 heteroatoms. The topological polar surface area (TPSA) is 87.3 Å². The van der Waals surface area contributed by atoms with E-state index in [2.05, 4.69) is 21.0 Å². The quantitative estimate of drug-likeness (QED) is 0.247. The Hall–Kier alpha value is -3.07. The van der Waals surface area contributed by atoms with E-state index in [1.165, 1.54) is 16.8 Å². The molecule has 0 aliphatic rings. The summed E-state index contributed by atoms with van der Waals surface area (Å²) in [6.45, 7) is 3.54. The normalized spacial score (nSPS) is 10.7. The van der Waals surface area contributed by atoms with E-state index in [1.807, 2.05) is 0 Å². The molecule has 0 unspecified atom stereocenters. The predicted molar refractivity (Wildman–Crippen MR) is 103 cm³/mol. The molecule has 0 fully saturated rings. The highest BCUT2D eigenvalue weighted by Crippen LogP contribution is 2.24. The van der Waals surface area contributed by atoms with Gasteiger partial charge in [0, 0.05) is 4.47 Å². The van der Waals surface area contributed by atoms with Gasteiger partial charge >= 0.3 is 11.7 Å². The number of ether oxygens (including phenoxy) is 1. The summed E-state index contributed by atoms with van der Waals surface area (Å²) in [5.74, 6) is -1.49. The Balaban J connectivity index is 1.74. The number of benzene rings is 2. The Morgan fingerprint density at radius 3 is 2.50 bits per heavy atom. The molecule has 1 aromatic heterocycles. The lowest BCUT2D eigenvalue weighted by Crippen LogP contribution is -2.10. The molecular formula is C19H15BrFN3O4. The number of halogens is 2. The van der Waals surface area contributed by atoms with Crippen LogP contribution in [0.25, 0.3) is 0 Å². The minimum absolute atomic E-state index is 0.00303. The standard InChI is InChI=1S/C19H15BrFN3O4/c1-11-18(24(26)27)12(2)23(22-11)10-13-3-5-14(6-4-13)19(25)28-17-8-7-15(20)9-16(17)21/h3-9H,10H2,1-2H3. The van der Waals surface area contributed by atoms with Crippen molar-refractivity contribution in [2.45, 2.75) is 20.4 Å². The predicted octanol–water partition coefficient (Wildman–Crippen LogP) is 4.58. The van der Waals surface area contributed by atoms with Crippen LogP contribution in [0.4, 0.5) is 10.1 Å². The zero-order chi connectivity index (χ0) is 20.4. The molecule has 0 N–H and O–H groups in total. The first-order valence-corrected chi connectivity index (χ1v) is 9.00. The fourth-order valence-corrected chi connectivity index (χ4v) is 3.07. The van der Waals surface area contributed by atoms with E-state index in [0.29, 0.717) is 22.4 Å². The second-order valence-electron chi connectivity index (χ2n) is 6.10.